The van der Waals surface area contributed by atoms with Crippen molar-refractivity contribution in [2.45, 2.75) is 27.0 Å². The standard InChI is InChI=1S/C16H13NO3.C12H10N2.C11H9N3.C8H7ClO.C8H5NO2.C4H6O3.C2H6N2.K/c1-20-16(11-7-3-2-4-8-11)17-14(18)12-9-5-6-10-13(12)15(17)19;1-9-11(7-13)12(8-14-9)10-5-3-2-4-6-10;12-6-9-10(7-14-11(9)13)8-4-2-1-3-5-8;9-6-8(10)7-4-2-1-3-5-7;10-7-5-3-1-2-4-6(5)8(11)9-7;1-3(5)7-4(2)6;1-4-2-3;/h2-10,16H,1H3;2-6,8,14H,1H3;1-5,7,14H,13H2;1-5H,6H2;1-4H,(H,9,10,11);1-2H3;1-3H2;/q;;;;;;;+1/p-1. The number of aryl methyl sites for hydroxylation is 1. The molecule has 1 unspecified atom stereocenters. The molecule has 0 aliphatic carbocycles. The maximum absolute atomic E-state index is 12.4. The normalized spacial score (nSPS) is 11.2. The van der Waals surface area contributed by atoms with E-state index in [1.807, 2.05) is 122 Å². The first-order valence-corrected chi connectivity index (χ1v) is 24.6. The number of methoxy groups -OCH3 is 1. The van der Waals surface area contributed by atoms with Gasteiger partial charge in [-0.25, -0.2) is 4.90 Å². The fraction of sp³-hybridized carbons (Fsp3) is 0.115. The summed E-state index contributed by atoms with van der Waals surface area (Å²) in [6, 6.07) is 55.6. The summed E-state index contributed by atoms with van der Waals surface area (Å²) in [7, 11) is 1.49. The first-order chi connectivity index (χ1) is 38.6. The number of fused-ring (bicyclic) bond motifs is 2. The average Bonchev–Trinajstić information content (AvgIpc) is 4.25. The molecule has 0 bridgehead atoms. The zero-order chi connectivity index (χ0) is 58.6. The van der Waals surface area contributed by atoms with Gasteiger partial charge in [0, 0.05) is 72.4 Å². The van der Waals surface area contributed by atoms with Crippen molar-refractivity contribution in [2.75, 3.05) is 25.4 Å². The topological polar surface area (TPSA) is 299 Å². The third kappa shape index (κ3) is 19.5. The zero-order valence-electron chi connectivity index (χ0n) is 45.0. The number of aliphatic imine (C=N–C) groups is 1. The van der Waals surface area contributed by atoms with E-state index in [2.05, 4.69) is 43.9 Å². The van der Waals surface area contributed by atoms with E-state index in [1.165, 1.54) is 25.9 Å². The van der Waals surface area contributed by atoms with Crippen LogP contribution < -0.4 is 62.9 Å². The van der Waals surface area contributed by atoms with E-state index in [1.54, 1.807) is 66.9 Å². The number of anilines is 1. The SMILES string of the molecule is C=NCN.CC(=O)OC(C)=O.COC(c1ccccc1)N1C(=O)c2ccccc2C1=O.Cc1[nH]cc(-c2ccccc2)c1C#N.N#Cc1c(-c2ccccc2)c[nH]c1N.O=C(CCl)c1ccccc1.O=C1[N-]C(=O)c2ccccc21.[K+]. The molecule has 2 aliphatic rings. The van der Waals surface area contributed by atoms with Gasteiger partial charge in [-0.1, -0.05) is 158 Å². The molecule has 4 amide bonds. The fourth-order valence-electron chi connectivity index (χ4n) is 7.32. The Morgan fingerprint density at radius 1 is 0.642 bits per heavy atom. The number of carbonyl (C=O) groups excluding carboxylic acids is 7. The Hall–Kier alpha value is -8.73. The Kier molecular flexibility index (Phi) is 28.8. The number of alkyl halides is 1. The first-order valence-electron chi connectivity index (χ1n) is 24.0. The van der Waals surface area contributed by atoms with Crippen LogP contribution >= 0.6 is 11.6 Å². The summed E-state index contributed by atoms with van der Waals surface area (Å²) in [4.78, 5) is 87.4. The molecule has 4 heterocycles. The molecular weight excluding hydrogens is 1080 g/mol. The number of aromatic nitrogens is 2. The molecular formula is C61H55ClKN9O9. The van der Waals surface area contributed by atoms with Crippen LogP contribution in [0.3, 0.4) is 0 Å². The van der Waals surface area contributed by atoms with Crippen LogP contribution in [0.4, 0.5) is 5.82 Å². The number of nitrogens with one attached hydrogen (secondary N) is 2. The Morgan fingerprint density at radius 3 is 1.41 bits per heavy atom. The van der Waals surface area contributed by atoms with Gasteiger partial charge in [0.05, 0.1) is 41.1 Å². The van der Waals surface area contributed by atoms with Gasteiger partial charge in [-0.15, -0.1) is 11.6 Å². The number of H-pyrrole nitrogens is 2. The molecule has 0 saturated carbocycles. The number of rotatable bonds is 8. The number of benzene rings is 6. The smallest absolute Gasteiger partial charge is 0.587 e. The number of hydrogen-bond acceptors (Lipinski definition) is 14. The van der Waals surface area contributed by atoms with Gasteiger partial charge in [0.2, 0.25) is 0 Å². The predicted octanol–water partition coefficient (Wildman–Crippen LogP) is 7.79. The van der Waals surface area contributed by atoms with Gasteiger partial charge < -0.3 is 45.8 Å². The zero-order valence-corrected chi connectivity index (χ0v) is 48.8. The van der Waals surface area contributed by atoms with Crippen molar-refractivity contribution in [1.29, 1.82) is 10.5 Å². The third-order valence-electron chi connectivity index (χ3n) is 11.0. The molecule has 0 fully saturated rings. The van der Waals surface area contributed by atoms with Crippen molar-refractivity contribution in [3.05, 3.63) is 238 Å². The summed E-state index contributed by atoms with van der Waals surface area (Å²) >= 11 is 5.34. The minimum atomic E-state index is -0.705. The van der Waals surface area contributed by atoms with Gasteiger partial charge in [0.15, 0.2) is 12.0 Å². The number of carbonyl (C=O) groups is 7. The molecule has 0 radical (unpaired) electrons. The summed E-state index contributed by atoms with van der Waals surface area (Å²) in [6.07, 6.45) is 2.93. The van der Waals surface area contributed by atoms with E-state index < -0.39 is 30.0 Å². The maximum atomic E-state index is 12.4. The number of ketones is 1. The molecule has 10 rings (SSSR count). The van der Waals surface area contributed by atoms with E-state index in [-0.39, 0.29) is 74.9 Å². The molecule has 406 valence electrons. The van der Waals surface area contributed by atoms with Gasteiger partial charge in [-0.3, -0.25) is 29.0 Å². The molecule has 0 saturated heterocycles. The molecule has 2 aliphatic heterocycles. The van der Waals surface area contributed by atoms with Crippen molar-refractivity contribution in [1.82, 2.24) is 14.9 Å². The number of nitrogens with two attached hydrogens (primary N) is 2. The second-order valence-electron chi connectivity index (χ2n) is 16.4. The number of nitrogens with zero attached hydrogens (tertiary/aromatic N) is 5. The molecule has 2 aromatic heterocycles. The van der Waals surface area contributed by atoms with E-state index >= 15 is 0 Å². The Labute approximate surface area is 516 Å². The summed E-state index contributed by atoms with van der Waals surface area (Å²) in [6.45, 7) is 7.71. The number of halogens is 1. The number of ether oxygens (including phenoxy) is 2. The van der Waals surface area contributed by atoms with Crippen LogP contribution in [0, 0.1) is 29.6 Å². The van der Waals surface area contributed by atoms with Crippen LogP contribution in [0.1, 0.15) is 94.2 Å². The van der Waals surface area contributed by atoms with Gasteiger partial charge in [0.25, 0.3) is 11.8 Å². The van der Waals surface area contributed by atoms with E-state index in [9.17, 15) is 33.6 Å². The second-order valence-corrected chi connectivity index (χ2v) is 16.6. The Morgan fingerprint density at radius 2 is 1.02 bits per heavy atom. The number of imide groups is 2. The molecule has 8 aromatic rings. The predicted molar refractivity (Wildman–Crippen MR) is 305 cm³/mol. The Balaban J connectivity index is 0.000000257. The van der Waals surface area contributed by atoms with Crippen molar-refractivity contribution >= 4 is 65.5 Å². The molecule has 6 N–H and O–H groups in total. The van der Waals surface area contributed by atoms with Crippen LogP contribution in [0.2, 0.25) is 0 Å². The summed E-state index contributed by atoms with van der Waals surface area (Å²) in [5.41, 5.74) is 19.6. The van der Waals surface area contributed by atoms with Crippen LogP contribution in [-0.2, 0) is 19.1 Å². The van der Waals surface area contributed by atoms with E-state index in [4.69, 9.17) is 38.3 Å². The summed E-state index contributed by atoms with van der Waals surface area (Å²) < 4.78 is 9.35. The number of amides is 4. The van der Waals surface area contributed by atoms with Crippen molar-refractivity contribution in [3.8, 4) is 34.4 Å². The number of hydrogen-bond donors (Lipinski definition) is 4. The largest absolute Gasteiger partial charge is 1.00 e. The number of Topliss-reactive ketones (excluding diaryl/α,β-unsaturated/α-hetero) is 1. The molecule has 1 atom stereocenters. The van der Waals surface area contributed by atoms with Crippen molar-refractivity contribution in [2.24, 2.45) is 10.7 Å². The minimum absolute atomic E-state index is 0. The van der Waals surface area contributed by atoms with Crippen LogP contribution in [0.25, 0.3) is 27.6 Å². The first kappa shape index (κ1) is 66.5. The van der Waals surface area contributed by atoms with Crippen LogP contribution in [0.15, 0.2) is 187 Å². The molecule has 81 heavy (non-hydrogen) atoms. The number of nitrogen functional groups attached to an aromatic ring is 1. The minimum Gasteiger partial charge on any atom is -0.587 e. The summed E-state index contributed by atoms with van der Waals surface area (Å²) in [5, 5.41) is 21.2. The quantitative estimate of drug-likeness (QED) is 0.0215. The van der Waals surface area contributed by atoms with Gasteiger partial charge in [-0.05, 0) is 36.9 Å². The second kappa shape index (κ2) is 35.0. The third-order valence-corrected chi connectivity index (χ3v) is 11.2. The van der Waals surface area contributed by atoms with E-state index in [0.29, 0.717) is 45.9 Å². The monoisotopic (exact) mass is 1130 g/mol. The average molecular weight is 1130 g/mol. The van der Waals surface area contributed by atoms with Crippen LogP contribution in [-0.4, -0.2) is 82.6 Å². The van der Waals surface area contributed by atoms with Crippen molar-refractivity contribution < 1.29 is 94.4 Å². The fourth-order valence-corrected chi connectivity index (χ4v) is 7.48. The number of nitriles is 2. The summed E-state index contributed by atoms with van der Waals surface area (Å²) in [5.74, 6) is -2.16. The van der Waals surface area contributed by atoms with Crippen LogP contribution in [0.5, 0.6) is 0 Å². The van der Waals surface area contributed by atoms with E-state index in [0.717, 1.165) is 39.1 Å². The van der Waals surface area contributed by atoms with Gasteiger partial charge in [0.1, 0.15) is 23.5 Å². The number of aromatic amines is 2. The number of esters is 2. The molecule has 18 nitrogen and oxygen atoms in total. The van der Waals surface area contributed by atoms with Crippen molar-refractivity contribution in [3.63, 3.8) is 0 Å². The Bertz CT molecular complexity index is 3320. The molecule has 20 heteroatoms. The molecule has 6 aromatic carbocycles. The molecule has 0 spiro atoms. The maximum Gasteiger partial charge on any atom is 1.00 e. The van der Waals surface area contributed by atoms with Gasteiger partial charge in [-0.2, -0.15) is 10.5 Å². The van der Waals surface area contributed by atoms with Gasteiger partial charge >= 0.3 is 63.3 Å².